The Morgan fingerprint density at radius 1 is 0.639 bits per heavy atom. The molecule has 1 aromatic carbocycles. The van der Waals surface area contributed by atoms with Gasteiger partial charge in [0.1, 0.15) is 6.10 Å². The first kappa shape index (κ1) is 31.7. The number of rotatable bonds is 22. The minimum atomic E-state index is -1.28. The fourth-order valence-electron chi connectivity index (χ4n) is 4.52. The normalized spacial score (nSPS) is 11.8. The van der Waals surface area contributed by atoms with Gasteiger partial charge in [-0.2, -0.15) is 0 Å². The van der Waals surface area contributed by atoms with Crippen molar-refractivity contribution in [2.45, 2.75) is 136 Å². The Morgan fingerprint density at radius 2 is 1.08 bits per heavy atom. The number of carboxylic acids is 2. The van der Waals surface area contributed by atoms with E-state index >= 15 is 0 Å². The van der Waals surface area contributed by atoms with Gasteiger partial charge in [-0.05, 0) is 43.9 Å². The fourth-order valence-corrected chi connectivity index (χ4v) is 4.52. The van der Waals surface area contributed by atoms with Gasteiger partial charge < -0.3 is 14.9 Å². The quantitative estimate of drug-likeness (QED) is 0.121. The summed E-state index contributed by atoms with van der Waals surface area (Å²) in [6, 6.07) is 3.46. The minimum Gasteiger partial charge on any atom is -0.478 e. The molecule has 1 atom stereocenters. The predicted molar refractivity (Wildman–Crippen MR) is 144 cm³/mol. The van der Waals surface area contributed by atoms with E-state index in [0.29, 0.717) is 0 Å². The summed E-state index contributed by atoms with van der Waals surface area (Å²) in [5, 5.41) is 18.7. The number of benzene rings is 1. The van der Waals surface area contributed by atoms with Crippen LogP contribution < -0.4 is 0 Å². The Labute approximate surface area is 217 Å². The lowest BCUT2D eigenvalue weighted by molar-refractivity contribution is 0.0244. The largest absolute Gasteiger partial charge is 0.478 e. The molecular formula is C30H48O6. The van der Waals surface area contributed by atoms with Crippen LogP contribution in [0.3, 0.4) is 0 Å². The molecule has 6 nitrogen and oxygen atoms in total. The maximum atomic E-state index is 12.9. The van der Waals surface area contributed by atoms with Gasteiger partial charge in [-0.1, -0.05) is 104 Å². The highest BCUT2D eigenvalue weighted by molar-refractivity contribution is 6.04. The number of carbonyl (C=O) groups excluding carboxylic acids is 1. The van der Waals surface area contributed by atoms with Crippen molar-refractivity contribution in [2.75, 3.05) is 0 Å². The van der Waals surface area contributed by atoms with Crippen molar-refractivity contribution in [3.05, 3.63) is 34.9 Å². The Kier molecular flexibility index (Phi) is 17.4. The summed E-state index contributed by atoms with van der Waals surface area (Å²) in [7, 11) is 0. The smallest absolute Gasteiger partial charge is 0.339 e. The van der Waals surface area contributed by atoms with Gasteiger partial charge in [0.2, 0.25) is 0 Å². The van der Waals surface area contributed by atoms with Gasteiger partial charge in [0.05, 0.1) is 16.7 Å². The Balaban J connectivity index is 2.59. The van der Waals surface area contributed by atoms with Crippen molar-refractivity contribution in [1.29, 1.82) is 0 Å². The van der Waals surface area contributed by atoms with Crippen LogP contribution in [0, 0.1) is 0 Å². The van der Waals surface area contributed by atoms with E-state index in [1.54, 1.807) is 0 Å². The van der Waals surface area contributed by atoms with E-state index in [4.69, 9.17) is 4.74 Å². The molecule has 0 aromatic heterocycles. The molecule has 6 heteroatoms. The van der Waals surface area contributed by atoms with Gasteiger partial charge in [0.25, 0.3) is 0 Å². The van der Waals surface area contributed by atoms with E-state index in [-0.39, 0.29) is 22.8 Å². The lowest BCUT2D eigenvalue weighted by atomic mass is 10.0. The highest BCUT2D eigenvalue weighted by Gasteiger charge is 2.23. The van der Waals surface area contributed by atoms with Crippen LogP contribution >= 0.6 is 0 Å². The molecule has 0 spiro atoms. The highest BCUT2D eigenvalue weighted by Crippen LogP contribution is 2.21. The molecule has 204 valence electrons. The Hall–Kier alpha value is -2.37. The second-order valence-corrected chi connectivity index (χ2v) is 9.93. The topological polar surface area (TPSA) is 101 Å². The van der Waals surface area contributed by atoms with Gasteiger partial charge in [0, 0.05) is 0 Å². The average molecular weight is 505 g/mol. The first-order valence-electron chi connectivity index (χ1n) is 14.2. The SMILES string of the molecule is CCCCCCCCCCCCCC(CCCCCCC)OC(=O)c1cc(C(=O)O)ccc1C(=O)O. The predicted octanol–water partition coefficient (Wildman–Crippen LogP) is 8.67. The lowest BCUT2D eigenvalue weighted by Crippen LogP contribution is -2.21. The Bertz CT molecular complexity index is 773. The zero-order valence-corrected chi connectivity index (χ0v) is 22.6. The first-order chi connectivity index (χ1) is 17.4. The number of ether oxygens (including phenoxy) is 1. The van der Waals surface area contributed by atoms with Crippen LogP contribution in [0.4, 0.5) is 0 Å². The van der Waals surface area contributed by atoms with Crippen LogP contribution in [-0.2, 0) is 4.74 Å². The van der Waals surface area contributed by atoms with E-state index in [2.05, 4.69) is 13.8 Å². The molecule has 1 unspecified atom stereocenters. The number of esters is 1. The molecule has 0 aliphatic carbocycles. The number of hydrogen-bond donors (Lipinski definition) is 2. The summed E-state index contributed by atoms with van der Waals surface area (Å²) in [4.78, 5) is 35.8. The van der Waals surface area contributed by atoms with Crippen molar-refractivity contribution in [3.63, 3.8) is 0 Å². The van der Waals surface area contributed by atoms with E-state index < -0.39 is 17.9 Å². The van der Waals surface area contributed by atoms with Crippen LogP contribution in [-0.4, -0.2) is 34.2 Å². The lowest BCUT2D eigenvalue weighted by Gasteiger charge is -2.19. The molecule has 1 rings (SSSR count). The fraction of sp³-hybridized carbons (Fsp3) is 0.700. The number of carboxylic acid groups (broad SMARTS) is 2. The third-order valence-corrected chi connectivity index (χ3v) is 6.75. The van der Waals surface area contributed by atoms with Crippen molar-refractivity contribution >= 4 is 17.9 Å². The number of aromatic carboxylic acids is 2. The second-order valence-electron chi connectivity index (χ2n) is 9.93. The molecule has 0 fully saturated rings. The molecule has 0 saturated carbocycles. The minimum absolute atomic E-state index is 0.131. The van der Waals surface area contributed by atoms with Crippen LogP contribution in [0.2, 0.25) is 0 Å². The monoisotopic (exact) mass is 504 g/mol. The zero-order valence-electron chi connectivity index (χ0n) is 22.6. The molecular weight excluding hydrogens is 456 g/mol. The molecule has 0 saturated heterocycles. The van der Waals surface area contributed by atoms with E-state index in [0.717, 1.165) is 63.5 Å². The molecule has 0 aliphatic heterocycles. The summed E-state index contributed by atoms with van der Waals surface area (Å²) in [6.45, 7) is 4.41. The molecule has 2 N–H and O–H groups in total. The van der Waals surface area contributed by atoms with E-state index in [1.165, 1.54) is 70.3 Å². The van der Waals surface area contributed by atoms with Gasteiger partial charge in [0.15, 0.2) is 0 Å². The highest BCUT2D eigenvalue weighted by atomic mass is 16.5. The maximum Gasteiger partial charge on any atom is 0.339 e. The number of hydrogen-bond acceptors (Lipinski definition) is 4. The molecule has 0 amide bonds. The second kappa shape index (κ2) is 19.8. The van der Waals surface area contributed by atoms with E-state index in [9.17, 15) is 24.6 Å². The first-order valence-corrected chi connectivity index (χ1v) is 14.2. The van der Waals surface area contributed by atoms with Crippen LogP contribution in [0.15, 0.2) is 18.2 Å². The number of carbonyl (C=O) groups is 3. The summed E-state index contributed by atoms with van der Waals surface area (Å²) < 4.78 is 5.77. The van der Waals surface area contributed by atoms with E-state index in [1.807, 2.05) is 0 Å². The molecule has 0 bridgehead atoms. The van der Waals surface area contributed by atoms with Gasteiger partial charge in [-0.25, -0.2) is 14.4 Å². The molecule has 0 heterocycles. The van der Waals surface area contributed by atoms with Crippen molar-refractivity contribution in [3.8, 4) is 0 Å². The standard InChI is InChI=1S/C30H48O6/c1-3-5-7-9-10-11-12-13-14-16-18-20-25(19-17-15-8-6-4-2)36-30(35)27-23-24(28(31)32)21-22-26(27)29(33)34/h21-23,25H,3-20H2,1-2H3,(H,31,32)(H,33,34). The van der Waals surface area contributed by atoms with Crippen LogP contribution in [0.1, 0.15) is 160 Å². The van der Waals surface area contributed by atoms with Crippen molar-refractivity contribution in [1.82, 2.24) is 0 Å². The third kappa shape index (κ3) is 13.6. The average Bonchev–Trinajstić information content (AvgIpc) is 2.86. The van der Waals surface area contributed by atoms with Crippen LogP contribution in [0.5, 0.6) is 0 Å². The molecule has 1 aromatic rings. The van der Waals surface area contributed by atoms with Crippen LogP contribution in [0.25, 0.3) is 0 Å². The summed E-state index contributed by atoms with van der Waals surface area (Å²) in [5.41, 5.74) is -0.563. The summed E-state index contributed by atoms with van der Waals surface area (Å²) in [6.07, 6.45) is 20.4. The zero-order chi connectivity index (χ0) is 26.6. The van der Waals surface area contributed by atoms with Gasteiger partial charge in [-0.3, -0.25) is 0 Å². The maximum absolute atomic E-state index is 12.9. The number of unbranched alkanes of at least 4 members (excludes halogenated alkanes) is 14. The summed E-state index contributed by atoms with van der Waals surface area (Å²) >= 11 is 0. The van der Waals surface area contributed by atoms with Crippen molar-refractivity contribution in [2.24, 2.45) is 0 Å². The Morgan fingerprint density at radius 3 is 1.50 bits per heavy atom. The van der Waals surface area contributed by atoms with Gasteiger partial charge in [-0.15, -0.1) is 0 Å². The summed E-state index contributed by atoms with van der Waals surface area (Å²) in [5.74, 6) is -3.24. The molecule has 36 heavy (non-hydrogen) atoms. The van der Waals surface area contributed by atoms with Crippen molar-refractivity contribution < 1.29 is 29.3 Å². The molecule has 0 aliphatic rings. The van der Waals surface area contributed by atoms with Gasteiger partial charge >= 0.3 is 17.9 Å². The third-order valence-electron chi connectivity index (χ3n) is 6.75. The molecule has 0 radical (unpaired) electrons.